The molecular formula is C83H116N22O10. The Morgan fingerprint density at radius 3 is 1.23 bits per heavy atom. The van der Waals surface area contributed by atoms with E-state index in [1.807, 2.05) is 153 Å². The van der Waals surface area contributed by atoms with Crippen LogP contribution in [0.4, 0.5) is 17.8 Å². The third kappa shape index (κ3) is 18.7. The zero-order valence-corrected chi connectivity index (χ0v) is 68.8. The summed E-state index contributed by atoms with van der Waals surface area (Å²) in [4.78, 5) is 53.7. The van der Waals surface area contributed by atoms with Gasteiger partial charge in [0.25, 0.3) is 0 Å². The summed E-state index contributed by atoms with van der Waals surface area (Å²) < 4.78 is 38.9. The van der Waals surface area contributed by atoms with Crippen LogP contribution in [0.15, 0.2) is 86.4 Å². The SMILES string of the molecule is COC[C@H](C)Nc1ncc2c(-c3cnn(C(C)(C)C(=O)N4C[C@H](C)O[C@@H](C)C4)c3)cc(C3CCC(O)CC3)n2n1.COC[C@H](C)Nc1ncc2c(-c3cnn(C(C)(C)C(=O)N4C[C@H]5CC[C@@H](C4)O5)c3)cc(C3CCC(O)CC3)n2n1.COC[C@H](C)Nc1ncc2c(-c3cnn(Cc4cncc(C)n4)c3)cc(C3CCC(O)CC3)n2n1. The smallest absolute Gasteiger partial charge is 0.250 e. The van der Waals surface area contributed by atoms with Crippen molar-refractivity contribution in [3.63, 3.8) is 0 Å². The van der Waals surface area contributed by atoms with E-state index < -0.39 is 11.1 Å². The number of hydrogen-bond donors (Lipinski definition) is 6. The van der Waals surface area contributed by atoms with Gasteiger partial charge in [-0.15, -0.1) is 15.3 Å². The molecule has 0 spiro atoms. The summed E-state index contributed by atoms with van der Waals surface area (Å²) in [7, 11) is 5.03. The van der Waals surface area contributed by atoms with E-state index in [1.54, 1.807) is 43.1 Å². The highest BCUT2D eigenvalue weighted by molar-refractivity contribution is 5.87. The second kappa shape index (κ2) is 35.6. The maximum absolute atomic E-state index is 13.7. The number of aliphatic hydroxyl groups excluding tert-OH is 3. The summed E-state index contributed by atoms with van der Waals surface area (Å²) in [5.74, 6) is 2.62. The van der Waals surface area contributed by atoms with Crippen LogP contribution in [-0.2, 0) is 50.9 Å². The molecule has 32 heteroatoms. The van der Waals surface area contributed by atoms with Gasteiger partial charge < -0.3 is 64.8 Å². The lowest BCUT2D eigenvalue weighted by atomic mass is 9.85. The average molecular weight is 1580 g/mol. The lowest BCUT2D eigenvalue weighted by molar-refractivity contribution is -0.151. The highest BCUT2D eigenvalue weighted by Gasteiger charge is 2.43. The number of anilines is 3. The second-order valence-electron chi connectivity index (χ2n) is 33.8. The number of hydrogen-bond acceptors (Lipinski definition) is 24. The maximum atomic E-state index is 13.7. The number of carbonyl (C=O) groups excluding carboxylic acids is 2. The molecule has 6 N–H and O–H groups in total. The lowest BCUT2D eigenvalue weighted by Gasteiger charge is -2.39. The number of fused-ring (bicyclic) bond motifs is 5. The van der Waals surface area contributed by atoms with Gasteiger partial charge in [0.2, 0.25) is 29.7 Å². The first-order valence-corrected chi connectivity index (χ1v) is 41.1. The number of ether oxygens (including phenoxy) is 5. The van der Waals surface area contributed by atoms with Crippen molar-refractivity contribution in [2.75, 3.05) is 83.3 Å². The number of nitrogens with one attached hydrogen (secondary N) is 3. The molecule has 0 radical (unpaired) electrons. The quantitative estimate of drug-likeness (QED) is 0.0327. The normalized spacial score (nSPS) is 23.5. The number of aromatic nitrogens is 17. The number of aliphatic hydroxyl groups is 3. The van der Waals surface area contributed by atoms with Crippen LogP contribution < -0.4 is 16.0 Å². The topological polar surface area (TPSA) is 353 Å². The number of morpholine rings is 2. The van der Waals surface area contributed by atoms with Crippen LogP contribution in [0.3, 0.4) is 0 Å². The minimum Gasteiger partial charge on any atom is -0.393 e. The van der Waals surface area contributed by atoms with Crippen molar-refractivity contribution >= 4 is 46.2 Å². The van der Waals surface area contributed by atoms with Crippen molar-refractivity contribution in [2.24, 2.45) is 0 Å². The molecule has 3 aliphatic carbocycles. The molecule has 16 rings (SSSR count). The van der Waals surface area contributed by atoms with Crippen LogP contribution in [0.5, 0.6) is 0 Å². The Labute approximate surface area is 671 Å². The summed E-state index contributed by atoms with van der Waals surface area (Å²) in [5.41, 5.74) is 11.9. The van der Waals surface area contributed by atoms with E-state index in [9.17, 15) is 24.9 Å². The first-order valence-electron chi connectivity index (χ1n) is 41.1. The molecule has 2 amide bonds. The fraction of sp³-hybridized carbons (Fsp3) is 0.602. The summed E-state index contributed by atoms with van der Waals surface area (Å²) in [6.07, 6.45) is 32.4. The van der Waals surface area contributed by atoms with Crippen molar-refractivity contribution < 1.29 is 48.6 Å². The molecule has 0 aromatic carbocycles. The average Bonchev–Trinajstić information content (AvgIpc) is 1.62. The van der Waals surface area contributed by atoms with Gasteiger partial charge in [0.15, 0.2) is 0 Å². The molecule has 3 aliphatic heterocycles. The Morgan fingerprint density at radius 2 is 0.852 bits per heavy atom. The van der Waals surface area contributed by atoms with Gasteiger partial charge in [0.05, 0.1) is 140 Å². The molecule has 3 saturated carbocycles. The fourth-order valence-corrected chi connectivity index (χ4v) is 17.4. The van der Waals surface area contributed by atoms with Gasteiger partial charge >= 0.3 is 0 Å². The molecule has 13 heterocycles. The number of methoxy groups -OCH3 is 3. The number of likely N-dealkylation sites (tertiary alicyclic amines) is 1. The molecule has 32 nitrogen and oxygen atoms in total. The minimum absolute atomic E-state index is 0.000535. The Bertz CT molecular complexity index is 4740. The van der Waals surface area contributed by atoms with Crippen LogP contribution in [-0.4, -0.2) is 248 Å². The molecular weight excluding hydrogens is 1470 g/mol. The molecule has 10 aromatic rings. The van der Waals surface area contributed by atoms with Crippen molar-refractivity contribution in [3.8, 4) is 33.4 Å². The largest absolute Gasteiger partial charge is 0.393 e. The van der Waals surface area contributed by atoms with Crippen LogP contribution in [0, 0.1) is 6.92 Å². The monoisotopic (exact) mass is 1580 g/mol. The summed E-state index contributed by atoms with van der Waals surface area (Å²) >= 11 is 0. The van der Waals surface area contributed by atoms with E-state index in [0.29, 0.717) is 76.3 Å². The van der Waals surface area contributed by atoms with Gasteiger partial charge in [0.1, 0.15) is 11.1 Å². The summed E-state index contributed by atoms with van der Waals surface area (Å²) in [5, 5.41) is 68.7. The van der Waals surface area contributed by atoms with Crippen LogP contribution in [0.1, 0.15) is 198 Å². The minimum atomic E-state index is -0.863. The number of rotatable bonds is 24. The van der Waals surface area contributed by atoms with Gasteiger partial charge in [-0.2, -0.15) is 15.3 Å². The van der Waals surface area contributed by atoms with E-state index in [1.165, 1.54) is 0 Å². The molecule has 3 saturated heterocycles. The number of amides is 2. The van der Waals surface area contributed by atoms with Crippen molar-refractivity contribution in [1.29, 1.82) is 0 Å². The molecule has 7 atom stereocenters. The number of aryl methyl sites for hydroxylation is 1. The van der Waals surface area contributed by atoms with E-state index in [0.717, 1.165) is 168 Å². The Balaban J connectivity index is 0.000000143. The first-order chi connectivity index (χ1) is 55.3. The molecule has 6 fully saturated rings. The Kier molecular flexibility index (Phi) is 25.4. The zero-order valence-electron chi connectivity index (χ0n) is 68.8. The predicted octanol–water partition coefficient (Wildman–Crippen LogP) is 9.82. The van der Waals surface area contributed by atoms with E-state index in [4.69, 9.17) is 39.0 Å². The van der Waals surface area contributed by atoms with Gasteiger partial charge in [-0.25, -0.2) is 28.5 Å². The van der Waals surface area contributed by atoms with E-state index in [-0.39, 0.29) is 84.5 Å². The van der Waals surface area contributed by atoms with Gasteiger partial charge in [0, 0.05) is 159 Å². The standard InChI is InChI=1S/C29H41N7O4.C29H43N7O4.C25H32N8O2/c1-18(17-39-4)32-28-30-13-26-24(11-25(36(26)33-28)19-5-7-21(37)8-6-19)20-12-31-35(14-20)29(2,3)27(38)34-15-22-9-10-23(16-34)40-22;1-18(17-39-6)32-28-30-13-26-24(11-25(36(26)33-28)21-7-9-23(37)10-8-21)22-12-31-35(16-22)29(4,5)27(38)34-14-19(2)40-20(3)15-34;1-16-9-26-11-20(29-16)14-32-13-19(10-28-32)22-8-23(18-4-6-21(34)7-5-18)33-24(22)12-27-25(31-33)30-17(2)15-35-3/h11-14,18-19,21-23,37H,5-10,15-17H2,1-4H3,(H,32,33);11-13,16,18-21,23,37H,7-10,14-15,17H2,1-6H3,(H,32,33);8-13,17-18,21,34H,4-7,14-15H2,1-3H3,(H,30,31)/t18-,19?,21?,22-,23+;18-,19-,20-,21?,23?;17-,18?,21?/m000/s1. The first kappa shape index (κ1) is 82.1. The van der Waals surface area contributed by atoms with Crippen molar-refractivity contribution in [1.82, 2.24) is 92.9 Å². The summed E-state index contributed by atoms with van der Waals surface area (Å²) in [6, 6.07) is 6.78. The number of carbonyl (C=O) groups is 2. The van der Waals surface area contributed by atoms with Gasteiger partial charge in [-0.1, -0.05) is 0 Å². The van der Waals surface area contributed by atoms with Crippen LogP contribution in [0.2, 0.25) is 0 Å². The third-order valence-corrected chi connectivity index (χ3v) is 23.4. The molecule has 0 unspecified atom stereocenters. The summed E-state index contributed by atoms with van der Waals surface area (Å²) in [6.45, 7) is 24.4. The molecule has 6 aliphatic rings. The van der Waals surface area contributed by atoms with Crippen molar-refractivity contribution in [3.05, 3.63) is 115 Å². The Hall–Kier alpha value is -9.41. The van der Waals surface area contributed by atoms with E-state index in [2.05, 4.69) is 74.4 Å². The van der Waals surface area contributed by atoms with Gasteiger partial charge in [-0.3, -0.25) is 33.6 Å². The van der Waals surface area contributed by atoms with Crippen molar-refractivity contribution in [2.45, 2.75) is 255 Å². The third-order valence-electron chi connectivity index (χ3n) is 23.4. The Morgan fingerprint density at radius 1 is 0.487 bits per heavy atom. The van der Waals surface area contributed by atoms with Gasteiger partial charge in [-0.05, 0) is 177 Å². The molecule has 618 valence electrons. The highest BCUT2D eigenvalue weighted by atomic mass is 16.5. The molecule has 2 bridgehead atoms. The fourth-order valence-electron chi connectivity index (χ4n) is 17.4. The predicted molar refractivity (Wildman–Crippen MR) is 435 cm³/mol. The van der Waals surface area contributed by atoms with Crippen LogP contribution >= 0.6 is 0 Å². The number of nitrogens with zero attached hydrogens (tertiary/aromatic N) is 19. The highest BCUT2D eigenvalue weighted by Crippen LogP contribution is 2.43. The maximum Gasteiger partial charge on any atom is 0.250 e. The molecule has 115 heavy (non-hydrogen) atoms. The second-order valence-corrected chi connectivity index (χ2v) is 33.8. The lowest BCUT2D eigenvalue weighted by Crippen LogP contribution is -2.54. The molecule has 10 aromatic heterocycles. The van der Waals surface area contributed by atoms with E-state index >= 15 is 0 Å². The zero-order chi connectivity index (χ0) is 81.0. The van der Waals surface area contributed by atoms with Crippen LogP contribution in [0.25, 0.3) is 49.9 Å².